The molecule has 118 valence electrons. The van der Waals surface area contributed by atoms with Crippen LogP contribution in [0.5, 0.6) is 5.75 Å². The molecule has 6 heteroatoms. The monoisotopic (exact) mass is 303 g/mol. The molecule has 0 radical (unpaired) electrons. The van der Waals surface area contributed by atoms with Crippen LogP contribution in [0.25, 0.3) is 0 Å². The van der Waals surface area contributed by atoms with Gasteiger partial charge in [0.1, 0.15) is 5.75 Å². The average Bonchev–Trinajstić information content (AvgIpc) is 3.00. The van der Waals surface area contributed by atoms with Gasteiger partial charge in [0.15, 0.2) is 0 Å². The van der Waals surface area contributed by atoms with Crippen molar-refractivity contribution in [3.05, 3.63) is 41.6 Å². The number of rotatable bonds is 7. The van der Waals surface area contributed by atoms with Gasteiger partial charge in [0.2, 0.25) is 17.7 Å². The highest BCUT2D eigenvalue weighted by atomic mass is 16.5. The van der Waals surface area contributed by atoms with Crippen LogP contribution in [-0.4, -0.2) is 23.2 Å². The number of carbonyl (C=O) groups is 1. The Hall–Kier alpha value is -2.37. The Morgan fingerprint density at radius 1 is 1.36 bits per heavy atom. The van der Waals surface area contributed by atoms with E-state index >= 15 is 0 Å². The summed E-state index contributed by atoms with van der Waals surface area (Å²) >= 11 is 0. The van der Waals surface area contributed by atoms with Gasteiger partial charge in [-0.2, -0.15) is 0 Å². The molecule has 1 heterocycles. The van der Waals surface area contributed by atoms with Crippen LogP contribution in [0.4, 0.5) is 0 Å². The van der Waals surface area contributed by atoms with Crippen LogP contribution in [0.2, 0.25) is 0 Å². The van der Waals surface area contributed by atoms with Gasteiger partial charge in [-0.3, -0.25) is 4.79 Å². The number of carbonyl (C=O) groups excluding carboxylic acids is 1. The molecule has 0 spiro atoms. The molecule has 1 N–H and O–H groups in total. The van der Waals surface area contributed by atoms with Gasteiger partial charge in [0.25, 0.3) is 0 Å². The minimum absolute atomic E-state index is 0.0490. The predicted octanol–water partition coefficient (Wildman–Crippen LogP) is 2.45. The molecule has 0 aliphatic carbocycles. The van der Waals surface area contributed by atoms with Crippen LogP contribution in [0.3, 0.4) is 0 Å². The van der Waals surface area contributed by atoms with Crippen molar-refractivity contribution in [2.24, 2.45) is 0 Å². The number of benzene rings is 1. The summed E-state index contributed by atoms with van der Waals surface area (Å²) in [5.74, 6) is 1.95. The summed E-state index contributed by atoms with van der Waals surface area (Å²) in [7, 11) is 1.63. The maximum absolute atomic E-state index is 11.9. The Morgan fingerprint density at radius 2 is 2.18 bits per heavy atom. The molecule has 6 nitrogen and oxygen atoms in total. The van der Waals surface area contributed by atoms with Gasteiger partial charge in [-0.1, -0.05) is 26.0 Å². The summed E-state index contributed by atoms with van der Waals surface area (Å²) in [4.78, 5) is 11.9. The Morgan fingerprint density at radius 3 is 2.86 bits per heavy atom. The standard InChI is InChI=1S/C16H21N3O3/c1-11(2)16-19-18-15(22-16)10-17-14(20)8-7-12-5-4-6-13(9-12)21-3/h4-6,9,11H,7-8,10H2,1-3H3,(H,17,20). The number of amides is 1. The lowest BCUT2D eigenvalue weighted by Gasteiger charge is -2.05. The van der Waals surface area contributed by atoms with Crippen LogP contribution < -0.4 is 10.1 Å². The molecule has 0 saturated heterocycles. The summed E-state index contributed by atoms with van der Waals surface area (Å²) < 4.78 is 10.6. The second kappa shape index (κ2) is 7.59. The molecule has 0 fully saturated rings. The summed E-state index contributed by atoms with van der Waals surface area (Å²) in [5.41, 5.74) is 1.06. The second-order valence-electron chi connectivity index (χ2n) is 5.32. The van der Waals surface area contributed by atoms with Crippen molar-refractivity contribution in [1.82, 2.24) is 15.5 Å². The molecule has 0 aliphatic rings. The Balaban J connectivity index is 1.77. The highest BCUT2D eigenvalue weighted by molar-refractivity contribution is 5.76. The first-order valence-electron chi connectivity index (χ1n) is 7.30. The van der Waals surface area contributed by atoms with E-state index in [0.29, 0.717) is 24.6 Å². The normalized spacial score (nSPS) is 10.7. The molecule has 0 unspecified atom stereocenters. The Bertz CT molecular complexity index is 623. The average molecular weight is 303 g/mol. The number of aromatic nitrogens is 2. The van der Waals surface area contributed by atoms with E-state index in [1.54, 1.807) is 7.11 Å². The number of methoxy groups -OCH3 is 1. The molecule has 1 aromatic carbocycles. The summed E-state index contributed by atoms with van der Waals surface area (Å²) in [6.07, 6.45) is 1.06. The molecule has 0 atom stereocenters. The first-order chi connectivity index (χ1) is 10.6. The number of aryl methyl sites for hydroxylation is 1. The molecule has 0 aliphatic heterocycles. The molecule has 1 aromatic heterocycles. The highest BCUT2D eigenvalue weighted by Gasteiger charge is 2.10. The zero-order valence-corrected chi connectivity index (χ0v) is 13.1. The van der Waals surface area contributed by atoms with E-state index in [0.717, 1.165) is 11.3 Å². The van der Waals surface area contributed by atoms with E-state index in [2.05, 4.69) is 15.5 Å². The van der Waals surface area contributed by atoms with E-state index in [9.17, 15) is 4.79 Å². The number of nitrogens with zero attached hydrogens (tertiary/aromatic N) is 2. The van der Waals surface area contributed by atoms with Crippen molar-refractivity contribution >= 4 is 5.91 Å². The highest BCUT2D eigenvalue weighted by Crippen LogP contribution is 2.14. The van der Waals surface area contributed by atoms with Crippen LogP contribution in [0, 0.1) is 0 Å². The maximum atomic E-state index is 11.9. The molecule has 2 aromatic rings. The first-order valence-corrected chi connectivity index (χ1v) is 7.30. The molecule has 2 rings (SSSR count). The van der Waals surface area contributed by atoms with Gasteiger partial charge in [-0.05, 0) is 24.1 Å². The minimum atomic E-state index is -0.0490. The SMILES string of the molecule is COc1cccc(CCC(=O)NCc2nnc(C(C)C)o2)c1. The third kappa shape index (κ3) is 4.58. The van der Waals surface area contributed by atoms with E-state index in [1.807, 2.05) is 38.1 Å². The smallest absolute Gasteiger partial charge is 0.235 e. The van der Waals surface area contributed by atoms with E-state index in [4.69, 9.17) is 9.15 Å². The van der Waals surface area contributed by atoms with Crippen molar-refractivity contribution in [2.45, 2.75) is 39.2 Å². The largest absolute Gasteiger partial charge is 0.497 e. The summed E-state index contributed by atoms with van der Waals surface area (Å²) in [6, 6.07) is 7.70. The van der Waals surface area contributed by atoms with Crippen molar-refractivity contribution < 1.29 is 13.9 Å². The van der Waals surface area contributed by atoms with Crippen LogP contribution in [-0.2, 0) is 17.8 Å². The maximum Gasteiger partial charge on any atom is 0.235 e. The van der Waals surface area contributed by atoms with Crippen molar-refractivity contribution in [3.63, 3.8) is 0 Å². The van der Waals surface area contributed by atoms with Crippen molar-refractivity contribution in [3.8, 4) is 5.75 Å². The quantitative estimate of drug-likeness (QED) is 0.850. The minimum Gasteiger partial charge on any atom is -0.497 e. The van der Waals surface area contributed by atoms with Gasteiger partial charge in [0.05, 0.1) is 13.7 Å². The molecule has 0 bridgehead atoms. The fraction of sp³-hybridized carbons (Fsp3) is 0.438. The van der Waals surface area contributed by atoms with Crippen LogP contribution in [0.15, 0.2) is 28.7 Å². The fourth-order valence-corrected chi connectivity index (χ4v) is 1.92. The van der Waals surface area contributed by atoms with Gasteiger partial charge in [0, 0.05) is 12.3 Å². The molecular weight excluding hydrogens is 282 g/mol. The number of nitrogens with one attached hydrogen (secondary N) is 1. The van der Waals surface area contributed by atoms with Gasteiger partial charge in [-0.25, -0.2) is 0 Å². The summed E-state index contributed by atoms with van der Waals surface area (Å²) in [6.45, 7) is 4.21. The zero-order valence-electron chi connectivity index (χ0n) is 13.1. The third-order valence-corrected chi connectivity index (χ3v) is 3.19. The van der Waals surface area contributed by atoms with Crippen molar-refractivity contribution in [1.29, 1.82) is 0 Å². The number of hydrogen-bond acceptors (Lipinski definition) is 5. The zero-order chi connectivity index (χ0) is 15.9. The van der Waals surface area contributed by atoms with Gasteiger partial charge >= 0.3 is 0 Å². The van der Waals surface area contributed by atoms with Gasteiger partial charge in [-0.15, -0.1) is 10.2 Å². The molecule has 22 heavy (non-hydrogen) atoms. The third-order valence-electron chi connectivity index (χ3n) is 3.19. The Labute approximate surface area is 129 Å². The summed E-state index contributed by atoms with van der Waals surface area (Å²) in [5, 5.41) is 10.6. The van der Waals surface area contributed by atoms with E-state index < -0.39 is 0 Å². The second-order valence-corrected chi connectivity index (χ2v) is 5.32. The van der Waals surface area contributed by atoms with Crippen molar-refractivity contribution in [2.75, 3.05) is 7.11 Å². The lowest BCUT2D eigenvalue weighted by molar-refractivity contribution is -0.121. The topological polar surface area (TPSA) is 77.2 Å². The Kier molecular flexibility index (Phi) is 5.52. The molecule has 1 amide bonds. The molecular formula is C16H21N3O3. The molecule has 0 saturated carbocycles. The fourth-order valence-electron chi connectivity index (χ4n) is 1.92. The van der Waals surface area contributed by atoms with Gasteiger partial charge < -0.3 is 14.5 Å². The lowest BCUT2D eigenvalue weighted by atomic mass is 10.1. The van der Waals surface area contributed by atoms with E-state index in [1.165, 1.54) is 0 Å². The van der Waals surface area contributed by atoms with E-state index in [-0.39, 0.29) is 18.4 Å². The van der Waals surface area contributed by atoms with Crippen LogP contribution in [0.1, 0.15) is 43.5 Å². The number of ether oxygens (including phenoxy) is 1. The number of hydrogen-bond donors (Lipinski definition) is 1. The first kappa shape index (κ1) is 16.0. The lowest BCUT2D eigenvalue weighted by Crippen LogP contribution is -2.23. The predicted molar refractivity (Wildman–Crippen MR) is 81.5 cm³/mol. The van der Waals surface area contributed by atoms with Crippen LogP contribution >= 0.6 is 0 Å².